The first kappa shape index (κ1) is 13.9. The highest BCUT2D eigenvalue weighted by molar-refractivity contribution is 5.84. The van der Waals surface area contributed by atoms with Crippen molar-refractivity contribution in [2.45, 2.75) is 24.9 Å². The smallest absolute Gasteiger partial charge is 0.258 e. The fourth-order valence-electron chi connectivity index (χ4n) is 2.48. The number of nitrogens with one attached hydrogen (secondary N) is 1. The van der Waals surface area contributed by atoms with Gasteiger partial charge >= 0.3 is 0 Å². The molecule has 2 aromatic rings. The molecule has 1 amide bonds. The van der Waals surface area contributed by atoms with Gasteiger partial charge in [0.05, 0.1) is 5.60 Å². The molecule has 0 aliphatic heterocycles. The Morgan fingerprint density at radius 2 is 1.95 bits per heavy atom. The lowest BCUT2D eigenvalue weighted by Gasteiger charge is -2.36. The lowest BCUT2D eigenvalue weighted by molar-refractivity contribution is -0.125. The van der Waals surface area contributed by atoms with E-state index in [4.69, 9.17) is 4.74 Å². The molecule has 0 saturated heterocycles. The van der Waals surface area contributed by atoms with Crippen molar-refractivity contribution < 1.29 is 14.6 Å². The summed E-state index contributed by atoms with van der Waals surface area (Å²) < 4.78 is 5.50. The monoisotopic (exact) mass is 285 g/mol. The molecule has 1 aliphatic rings. The Bertz CT molecular complexity index is 649. The summed E-state index contributed by atoms with van der Waals surface area (Å²) in [6.45, 7) is 0.279. The van der Waals surface area contributed by atoms with Crippen molar-refractivity contribution in [1.29, 1.82) is 0 Å². The lowest BCUT2D eigenvalue weighted by atomic mass is 9.80. The van der Waals surface area contributed by atoms with Crippen LogP contribution in [0.25, 0.3) is 10.8 Å². The summed E-state index contributed by atoms with van der Waals surface area (Å²) in [4.78, 5) is 11.7. The highest BCUT2D eigenvalue weighted by Crippen LogP contribution is 2.30. The average Bonchev–Trinajstić information content (AvgIpc) is 2.49. The molecular weight excluding hydrogens is 266 g/mol. The molecule has 0 bridgehead atoms. The molecule has 0 spiro atoms. The predicted octanol–water partition coefficient (Wildman–Crippen LogP) is 2.25. The van der Waals surface area contributed by atoms with Gasteiger partial charge < -0.3 is 15.2 Å². The number of rotatable bonds is 5. The topological polar surface area (TPSA) is 58.6 Å². The third kappa shape index (κ3) is 3.34. The molecule has 1 saturated carbocycles. The van der Waals surface area contributed by atoms with Gasteiger partial charge in [-0.25, -0.2) is 0 Å². The van der Waals surface area contributed by atoms with Crippen LogP contribution in [0.1, 0.15) is 19.3 Å². The largest absolute Gasteiger partial charge is 0.484 e. The Hall–Kier alpha value is -2.07. The molecule has 21 heavy (non-hydrogen) atoms. The number of carbonyl (C=O) groups is 1. The minimum absolute atomic E-state index is 0.0333. The normalized spacial score (nSPS) is 16.2. The van der Waals surface area contributed by atoms with Gasteiger partial charge in [-0.2, -0.15) is 0 Å². The van der Waals surface area contributed by atoms with Gasteiger partial charge in [-0.1, -0.05) is 30.3 Å². The van der Waals surface area contributed by atoms with Crippen LogP contribution in [0.2, 0.25) is 0 Å². The number of amides is 1. The van der Waals surface area contributed by atoms with E-state index < -0.39 is 5.60 Å². The summed E-state index contributed by atoms with van der Waals surface area (Å²) in [5.41, 5.74) is -0.696. The van der Waals surface area contributed by atoms with Gasteiger partial charge in [0.1, 0.15) is 5.75 Å². The summed E-state index contributed by atoms with van der Waals surface area (Å²) in [5, 5.41) is 14.8. The highest BCUT2D eigenvalue weighted by Gasteiger charge is 2.34. The molecule has 2 N–H and O–H groups in total. The zero-order valence-electron chi connectivity index (χ0n) is 11.8. The maximum Gasteiger partial charge on any atom is 0.258 e. The first-order valence-electron chi connectivity index (χ1n) is 7.25. The SMILES string of the molecule is O=C(COc1ccc2ccccc2c1)NCC1(O)CCC1. The van der Waals surface area contributed by atoms with Gasteiger partial charge in [0.2, 0.25) is 0 Å². The van der Waals surface area contributed by atoms with E-state index in [0.717, 1.165) is 30.0 Å². The first-order chi connectivity index (χ1) is 10.1. The van der Waals surface area contributed by atoms with Crippen LogP contribution in [-0.2, 0) is 4.79 Å². The quantitative estimate of drug-likeness (QED) is 0.886. The molecule has 2 aromatic carbocycles. The second-order valence-corrected chi connectivity index (χ2v) is 5.65. The van der Waals surface area contributed by atoms with E-state index in [-0.39, 0.29) is 12.5 Å². The summed E-state index contributed by atoms with van der Waals surface area (Å²) >= 11 is 0. The molecular formula is C17H19NO3. The van der Waals surface area contributed by atoms with Crippen molar-refractivity contribution in [3.63, 3.8) is 0 Å². The van der Waals surface area contributed by atoms with Gasteiger partial charge in [0, 0.05) is 6.54 Å². The lowest BCUT2D eigenvalue weighted by Crippen LogP contribution is -2.48. The van der Waals surface area contributed by atoms with E-state index >= 15 is 0 Å². The number of ether oxygens (including phenoxy) is 1. The van der Waals surface area contributed by atoms with Gasteiger partial charge in [-0.05, 0) is 42.2 Å². The van der Waals surface area contributed by atoms with Crippen molar-refractivity contribution >= 4 is 16.7 Å². The van der Waals surface area contributed by atoms with Crippen molar-refractivity contribution in [3.8, 4) is 5.75 Å². The molecule has 4 nitrogen and oxygen atoms in total. The van der Waals surface area contributed by atoms with E-state index in [9.17, 15) is 9.90 Å². The van der Waals surface area contributed by atoms with E-state index in [0.29, 0.717) is 12.3 Å². The standard InChI is InChI=1S/C17H19NO3/c19-16(18-12-17(20)8-3-9-17)11-21-15-7-6-13-4-1-2-5-14(13)10-15/h1-2,4-7,10,20H,3,8-9,11-12H2,(H,18,19). The second-order valence-electron chi connectivity index (χ2n) is 5.65. The molecule has 0 atom stereocenters. The molecule has 3 rings (SSSR count). The van der Waals surface area contributed by atoms with Crippen LogP contribution in [0.3, 0.4) is 0 Å². The average molecular weight is 285 g/mol. The first-order valence-corrected chi connectivity index (χ1v) is 7.25. The molecule has 0 aromatic heterocycles. The van der Waals surface area contributed by atoms with Crippen molar-refractivity contribution in [1.82, 2.24) is 5.32 Å². The van der Waals surface area contributed by atoms with Crippen molar-refractivity contribution in [2.24, 2.45) is 0 Å². The van der Waals surface area contributed by atoms with Crippen LogP contribution in [0.4, 0.5) is 0 Å². The molecule has 1 fully saturated rings. The fraction of sp³-hybridized carbons (Fsp3) is 0.353. The number of benzene rings is 2. The van der Waals surface area contributed by atoms with Gasteiger partial charge in [-0.15, -0.1) is 0 Å². The number of hydrogen-bond donors (Lipinski definition) is 2. The van der Waals surface area contributed by atoms with Crippen LogP contribution in [0.5, 0.6) is 5.75 Å². The summed E-state index contributed by atoms with van der Waals surface area (Å²) in [7, 11) is 0. The zero-order chi connectivity index (χ0) is 14.7. The highest BCUT2D eigenvalue weighted by atomic mass is 16.5. The van der Waals surface area contributed by atoms with Crippen LogP contribution < -0.4 is 10.1 Å². The van der Waals surface area contributed by atoms with Crippen LogP contribution in [0.15, 0.2) is 42.5 Å². The third-order valence-corrected chi connectivity index (χ3v) is 3.99. The predicted molar refractivity (Wildman–Crippen MR) is 81.3 cm³/mol. The van der Waals surface area contributed by atoms with Gasteiger partial charge in [-0.3, -0.25) is 4.79 Å². The Morgan fingerprint density at radius 1 is 1.19 bits per heavy atom. The van der Waals surface area contributed by atoms with Crippen LogP contribution in [-0.4, -0.2) is 29.8 Å². The number of aliphatic hydroxyl groups is 1. The fourth-order valence-corrected chi connectivity index (χ4v) is 2.48. The molecule has 4 heteroatoms. The van der Waals surface area contributed by atoms with Gasteiger partial charge in [0.15, 0.2) is 6.61 Å². The van der Waals surface area contributed by atoms with Gasteiger partial charge in [0.25, 0.3) is 5.91 Å². The maximum absolute atomic E-state index is 11.7. The van der Waals surface area contributed by atoms with E-state index in [1.165, 1.54) is 0 Å². The summed E-state index contributed by atoms with van der Waals surface area (Å²) in [6, 6.07) is 13.7. The molecule has 0 heterocycles. The zero-order valence-corrected chi connectivity index (χ0v) is 11.8. The summed E-state index contributed by atoms with van der Waals surface area (Å²) in [5.74, 6) is 0.467. The number of hydrogen-bond acceptors (Lipinski definition) is 3. The van der Waals surface area contributed by atoms with Crippen LogP contribution in [0, 0.1) is 0 Å². The van der Waals surface area contributed by atoms with Crippen molar-refractivity contribution in [3.05, 3.63) is 42.5 Å². The minimum atomic E-state index is -0.696. The third-order valence-electron chi connectivity index (χ3n) is 3.99. The van der Waals surface area contributed by atoms with E-state index in [1.54, 1.807) is 0 Å². The minimum Gasteiger partial charge on any atom is -0.484 e. The Morgan fingerprint density at radius 3 is 2.67 bits per heavy atom. The Labute approximate surface area is 123 Å². The Balaban J connectivity index is 1.52. The molecule has 0 radical (unpaired) electrons. The second kappa shape index (κ2) is 5.74. The molecule has 0 unspecified atom stereocenters. The molecule has 1 aliphatic carbocycles. The van der Waals surface area contributed by atoms with E-state index in [1.807, 2.05) is 42.5 Å². The number of fused-ring (bicyclic) bond motifs is 1. The molecule has 110 valence electrons. The van der Waals surface area contributed by atoms with E-state index in [2.05, 4.69) is 5.32 Å². The Kier molecular flexibility index (Phi) is 3.80. The maximum atomic E-state index is 11.7. The summed E-state index contributed by atoms with van der Waals surface area (Å²) in [6.07, 6.45) is 2.55. The van der Waals surface area contributed by atoms with Crippen molar-refractivity contribution in [2.75, 3.05) is 13.2 Å². The number of carbonyl (C=O) groups excluding carboxylic acids is 1. The van der Waals surface area contributed by atoms with Crippen LogP contribution >= 0.6 is 0 Å².